The van der Waals surface area contributed by atoms with Gasteiger partial charge in [0.05, 0.1) is 20.3 Å². The van der Waals surface area contributed by atoms with Crippen molar-refractivity contribution in [2.75, 3.05) is 51.3 Å². The summed E-state index contributed by atoms with van der Waals surface area (Å²) in [6.07, 6.45) is 2.26. The molecule has 0 saturated carbocycles. The van der Waals surface area contributed by atoms with Crippen molar-refractivity contribution in [2.45, 2.75) is 6.42 Å². The lowest BCUT2D eigenvalue weighted by Gasteiger charge is -2.12. The van der Waals surface area contributed by atoms with Crippen LogP contribution in [0.5, 0.6) is 5.75 Å². The quantitative estimate of drug-likeness (QED) is 0.316. The van der Waals surface area contributed by atoms with Crippen LogP contribution in [0, 0.1) is 0 Å². The minimum absolute atomic E-state index is 0.441. The Morgan fingerprint density at radius 1 is 1.16 bits per heavy atom. The Hall–Kier alpha value is -1.64. The number of nitrogens with zero attached hydrogens (tertiary/aromatic N) is 2. The van der Waals surface area contributed by atoms with E-state index in [-0.39, 0.29) is 0 Å². The Bertz CT molecular complexity index is 364. The number of aromatic nitrogens is 2. The molecule has 0 unspecified atom stereocenters. The molecule has 4 N–H and O–H groups in total. The number of nitrogen functional groups attached to an aromatic ring is 1. The van der Waals surface area contributed by atoms with Crippen molar-refractivity contribution in [2.24, 2.45) is 5.84 Å². The Morgan fingerprint density at radius 2 is 1.95 bits per heavy atom. The molecule has 1 aromatic heterocycles. The maximum absolute atomic E-state index is 5.35. The van der Waals surface area contributed by atoms with Crippen LogP contribution in [0.3, 0.4) is 0 Å². The summed E-state index contributed by atoms with van der Waals surface area (Å²) in [5.41, 5.74) is 2.46. The van der Waals surface area contributed by atoms with Crippen LogP contribution in [-0.2, 0) is 9.47 Å². The van der Waals surface area contributed by atoms with E-state index in [0.717, 1.165) is 6.42 Å². The fraction of sp³-hybridized carbons (Fsp3) is 0.636. The predicted molar refractivity (Wildman–Crippen MR) is 72.2 cm³/mol. The fourth-order valence-corrected chi connectivity index (χ4v) is 1.42. The highest BCUT2D eigenvalue weighted by atomic mass is 16.5. The van der Waals surface area contributed by atoms with E-state index in [1.807, 2.05) is 0 Å². The van der Waals surface area contributed by atoms with Gasteiger partial charge in [-0.05, 0) is 6.42 Å². The highest BCUT2D eigenvalue weighted by Crippen LogP contribution is 2.27. The summed E-state index contributed by atoms with van der Waals surface area (Å²) < 4.78 is 15.4. The highest BCUT2D eigenvalue weighted by molar-refractivity contribution is 5.62. The zero-order chi connectivity index (χ0) is 13.9. The summed E-state index contributed by atoms with van der Waals surface area (Å²) >= 11 is 0. The lowest BCUT2D eigenvalue weighted by molar-refractivity contribution is 0.0705. The molecule has 19 heavy (non-hydrogen) atoms. The van der Waals surface area contributed by atoms with Gasteiger partial charge in [0.2, 0.25) is 5.75 Å². The molecule has 0 aliphatic heterocycles. The second-order valence-electron chi connectivity index (χ2n) is 3.63. The Morgan fingerprint density at radius 3 is 2.63 bits per heavy atom. The summed E-state index contributed by atoms with van der Waals surface area (Å²) in [6, 6.07) is 0. The van der Waals surface area contributed by atoms with Crippen molar-refractivity contribution in [3.05, 3.63) is 6.33 Å². The monoisotopic (exact) mass is 271 g/mol. The number of ether oxygens (including phenoxy) is 3. The minimum Gasteiger partial charge on any atom is -0.490 e. The number of nitrogens with two attached hydrogens (primary N) is 1. The smallest absolute Gasteiger partial charge is 0.205 e. The molecular formula is C11H21N5O3. The van der Waals surface area contributed by atoms with E-state index in [1.54, 1.807) is 14.2 Å². The number of methoxy groups -OCH3 is 2. The number of hydrazine groups is 1. The Kier molecular flexibility index (Phi) is 7.56. The van der Waals surface area contributed by atoms with Gasteiger partial charge >= 0.3 is 0 Å². The van der Waals surface area contributed by atoms with Crippen LogP contribution in [0.4, 0.5) is 11.6 Å². The summed E-state index contributed by atoms with van der Waals surface area (Å²) in [4.78, 5) is 8.06. The number of anilines is 2. The summed E-state index contributed by atoms with van der Waals surface area (Å²) in [6.45, 7) is 2.59. The molecule has 0 bridgehead atoms. The second-order valence-corrected chi connectivity index (χ2v) is 3.63. The van der Waals surface area contributed by atoms with Crippen molar-refractivity contribution in [1.29, 1.82) is 0 Å². The van der Waals surface area contributed by atoms with Crippen LogP contribution in [0.1, 0.15) is 6.42 Å². The van der Waals surface area contributed by atoms with Crippen LogP contribution in [-0.4, -0.2) is 50.6 Å². The molecule has 1 rings (SSSR count). The first-order valence-electron chi connectivity index (χ1n) is 5.99. The van der Waals surface area contributed by atoms with E-state index in [1.165, 1.54) is 6.33 Å². The number of hydrogen-bond acceptors (Lipinski definition) is 8. The van der Waals surface area contributed by atoms with Crippen LogP contribution in [0.25, 0.3) is 0 Å². The van der Waals surface area contributed by atoms with Crippen LogP contribution < -0.4 is 21.3 Å². The molecule has 108 valence electrons. The third-order valence-corrected chi connectivity index (χ3v) is 2.33. The van der Waals surface area contributed by atoms with Crippen molar-refractivity contribution in [3.8, 4) is 5.75 Å². The molecular weight excluding hydrogens is 250 g/mol. The lowest BCUT2D eigenvalue weighted by atomic mass is 10.4. The molecule has 0 aliphatic carbocycles. The third-order valence-electron chi connectivity index (χ3n) is 2.33. The van der Waals surface area contributed by atoms with Gasteiger partial charge in [-0.2, -0.15) is 0 Å². The maximum Gasteiger partial charge on any atom is 0.205 e. The summed E-state index contributed by atoms with van der Waals surface area (Å²) in [5.74, 6) is 6.87. The largest absolute Gasteiger partial charge is 0.490 e. The average molecular weight is 271 g/mol. The zero-order valence-electron chi connectivity index (χ0n) is 11.3. The number of rotatable bonds is 10. The van der Waals surface area contributed by atoms with Gasteiger partial charge in [0.25, 0.3) is 0 Å². The maximum atomic E-state index is 5.35. The van der Waals surface area contributed by atoms with Crippen LogP contribution in [0.2, 0.25) is 0 Å². The molecule has 0 spiro atoms. The first-order chi connectivity index (χ1) is 9.33. The van der Waals surface area contributed by atoms with Crippen molar-refractivity contribution in [3.63, 3.8) is 0 Å². The fourth-order valence-electron chi connectivity index (χ4n) is 1.42. The second kappa shape index (κ2) is 9.31. The van der Waals surface area contributed by atoms with Gasteiger partial charge in [-0.15, -0.1) is 0 Å². The normalized spacial score (nSPS) is 10.3. The molecule has 0 radical (unpaired) electrons. The van der Waals surface area contributed by atoms with E-state index in [0.29, 0.717) is 43.8 Å². The van der Waals surface area contributed by atoms with E-state index >= 15 is 0 Å². The average Bonchev–Trinajstić information content (AvgIpc) is 2.45. The topological polar surface area (TPSA) is 104 Å². The van der Waals surface area contributed by atoms with Gasteiger partial charge in [0.15, 0.2) is 11.6 Å². The van der Waals surface area contributed by atoms with Gasteiger partial charge in [0, 0.05) is 20.3 Å². The van der Waals surface area contributed by atoms with Crippen molar-refractivity contribution >= 4 is 11.6 Å². The van der Waals surface area contributed by atoms with Gasteiger partial charge in [-0.3, -0.25) is 0 Å². The summed E-state index contributed by atoms with van der Waals surface area (Å²) in [7, 11) is 3.19. The minimum atomic E-state index is 0.441. The molecule has 1 heterocycles. The summed E-state index contributed by atoms with van der Waals surface area (Å²) in [5, 5.41) is 3.15. The van der Waals surface area contributed by atoms with Crippen LogP contribution >= 0.6 is 0 Å². The van der Waals surface area contributed by atoms with E-state index < -0.39 is 0 Å². The zero-order valence-corrected chi connectivity index (χ0v) is 11.3. The molecule has 8 nitrogen and oxygen atoms in total. The SMILES string of the molecule is COCCOCCCNc1ncnc(NN)c1OC. The lowest BCUT2D eigenvalue weighted by Crippen LogP contribution is -2.13. The van der Waals surface area contributed by atoms with E-state index in [9.17, 15) is 0 Å². The molecule has 8 heteroatoms. The molecule has 0 atom stereocenters. The van der Waals surface area contributed by atoms with Crippen molar-refractivity contribution < 1.29 is 14.2 Å². The van der Waals surface area contributed by atoms with Gasteiger partial charge in [0.1, 0.15) is 6.33 Å². The molecule has 0 fully saturated rings. The van der Waals surface area contributed by atoms with E-state index in [4.69, 9.17) is 20.1 Å². The highest BCUT2D eigenvalue weighted by Gasteiger charge is 2.10. The number of nitrogens with one attached hydrogen (secondary N) is 2. The number of hydrogen-bond donors (Lipinski definition) is 3. The standard InChI is InChI=1S/C11H21N5O3/c1-17-6-7-19-5-3-4-13-10-9(18-2)11(16-12)15-8-14-10/h8H,3-7,12H2,1-2H3,(H2,13,14,15,16). The molecule has 0 amide bonds. The molecule has 0 saturated heterocycles. The Labute approximate surface area is 112 Å². The van der Waals surface area contributed by atoms with Gasteiger partial charge < -0.3 is 25.0 Å². The molecule has 0 aliphatic rings. The van der Waals surface area contributed by atoms with Crippen LogP contribution in [0.15, 0.2) is 6.33 Å². The van der Waals surface area contributed by atoms with Gasteiger partial charge in [-0.1, -0.05) is 0 Å². The molecule has 0 aromatic carbocycles. The predicted octanol–water partition coefficient (Wildman–Crippen LogP) is 0.236. The Balaban J connectivity index is 2.33. The molecule has 1 aromatic rings. The first kappa shape index (κ1) is 15.4. The van der Waals surface area contributed by atoms with Crippen molar-refractivity contribution in [1.82, 2.24) is 9.97 Å². The first-order valence-corrected chi connectivity index (χ1v) is 5.99. The third kappa shape index (κ3) is 5.25. The van der Waals surface area contributed by atoms with Gasteiger partial charge in [-0.25, -0.2) is 15.8 Å². The van der Waals surface area contributed by atoms with E-state index in [2.05, 4.69) is 20.7 Å².